The smallest absolute Gasteiger partial charge is 0.412 e. The second-order valence-electron chi connectivity index (χ2n) is 9.38. The van der Waals surface area contributed by atoms with Gasteiger partial charge in [-0.15, -0.1) is 0 Å². The Kier molecular flexibility index (Phi) is 5.79. The number of ether oxygens (including phenoxy) is 1. The molecule has 0 unspecified atom stereocenters. The van der Waals surface area contributed by atoms with E-state index >= 15 is 4.39 Å². The van der Waals surface area contributed by atoms with E-state index in [9.17, 15) is 9.59 Å². The van der Waals surface area contributed by atoms with Gasteiger partial charge < -0.3 is 14.6 Å². The summed E-state index contributed by atoms with van der Waals surface area (Å²) >= 11 is 6.05. The van der Waals surface area contributed by atoms with Gasteiger partial charge in [0.2, 0.25) is 0 Å². The number of carbonyl (C=O) groups is 2. The number of piperidine rings is 1. The van der Waals surface area contributed by atoms with E-state index in [1.54, 1.807) is 11.0 Å². The molecular weight excluding hydrogens is 471 g/mol. The van der Waals surface area contributed by atoms with E-state index in [0.717, 1.165) is 5.56 Å². The number of aryl methyl sites for hydroxylation is 3. The molecule has 2 N–H and O–H groups in total. The summed E-state index contributed by atoms with van der Waals surface area (Å²) in [4.78, 5) is 35.2. The van der Waals surface area contributed by atoms with Gasteiger partial charge in [0.1, 0.15) is 11.5 Å². The van der Waals surface area contributed by atoms with Crippen molar-refractivity contribution in [1.82, 2.24) is 14.9 Å². The number of aromatic amines is 1. The van der Waals surface area contributed by atoms with Crippen LogP contribution in [0.1, 0.15) is 57.1 Å². The number of benzene rings is 2. The lowest BCUT2D eigenvalue weighted by Crippen LogP contribution is -2.53. The average Bonchev–Trinajstić information content (AvgIpc) is 3.17. The van der Waals surface area contributed by atoms with Gasteiger partial charge >= 0.3 is 6.09 Å². The number of imidazole rings is 1. The van der Waals surface area contributed by atoms with Gasteiger partial charge in [0, 0.05) is 18.7 Å². The van der Waals surface area contributed by atoms with Crippen molar-refractivity contribution in [2.24, 2.45) is 0 Å². The zero-order chi connectivity index (χ0) is 24.9. The van der Waals surface area contributed by atoms with Gasteiger partial charge in [0.15, 0.2) is 11.4 Å². The van der Waals surface area contributed by atoms with Crippen LogP contribution in [-0.4, -0.2) is 40.0 Å². The monoisotopic (exact) mass is 496 g/mol. The highest BCUT2D eigenvalue weighted by molar-refractivity contribution is 6.31. The first kappa shape index (κ1) is 23.4. The molecule has 1 atom stereocenters. The standard InChI is InChI=1S/C26H26ClFN4O3/c1-14-5-6-17(11-15(14)2)12-20-29-16(3)23(31-20)24(33)32-10-4-9-26(13-32)21-19(30-25(34)35-26)8-7-18(27)22(21)28/h5-8,11H,4,9-10,12-13H2,1-3H3,(H,29,31)(H,30,34)/t26-/m0/s1. The van der Waals surface area contributed by atoms with Crippen molar-refractivity contribution in [3.05, 3.63) is 80.6 Å². The number of likely N-dealkylation sites (tertiary alicyclic amines) is 1. The van der Waals surface area contributed by atoms with Crippen molar-refractivity contribution in [1.29, 1.82) is 0 Å². The number of H-pyrrole nitrogens is 1. The number of rotatable bonds is 3. The van der Waals surface area contributed by atoms with Crippen LogP contribution < -0.4 is 5.32 Å². The maximum atomic E-state index is 15.1. The van der Waals surface area contributed by atoms with Crippen molar-refractivity contribution >= 4 is 29.3 Å². The molecule has 0 saturated carbocycles. The van der Waals surface area contributed by atoms with Gasteiger partial charge in [-0.25, -0.2) is 14.2 Å². The fraction of sp³-hybridized carbons (Fsp3) is 0.346. The normalized spacial score (nSPS) is 19.3. The Morgan fingerprint density at radius 1 is 1.23 bits per heavy atom. The number of hydrogen-bond acceptors (Lipinski definition) is 4. The van der Waals surface area contributed by atoms with Crippen molar-refractivity contribution in [2.45, 2.75) is 45.6 Å². The second kappa shape index (κ2) is 8.68. The molecule has 2 amide bonds. The highest BCUT2D eigenvalue weighted by Gasteiger charge is 2.48. The van der Waals surface area contributed by atoms with Crippen LogP contribution in [0.4, 0.5) is 14.9 Å². The number of amides is 2. The van der Waals surface area contributed by atoms with Gasteiger partial charge in [0.05, 0.1) is 22.8 Å². The Morgan fingerprint density at radius 3 is 2.80 bits per heavy atom. The molecule has 3 aromatic rings. The highest BCUT2D eigenvalue weighted by atomic mass is 35.5. The summed E-state index contributed by atoms with van der Waals surface area (Å²) in [6, 6.07) is 9.19. The molecule has 1 aromatic heterocycles. The first-order chi connectivity index (χ1) is 16.7. The maximum absolute atomic E-state index is 15.1. The van der Waals surface area contributed by atoms with Crippen molar-refractivity contribution in [3.8, 4) is 0 Å². The molecule has 1 fully saturated rings. The van der Waals surface area contributed by atoms with Crippen molar-refractivity contribution in [3.63, 3.8) is 0 Å². The maximum Gasteiger partial charge on any atom is 0.412 e. The molecule has 3 heterocycles. The SMILES string of the molecule is Cc1ccc(Cc2nc(C(=O)N3CCC[C@@]4(C3)OC(=O)Nc3ccc(Cl)c(F)c34)c(C)[nH]2)cc1C. The van der Waals surface area contributed by atoms with E-state index in [4.69, 9.17) is 16.3 Å². The molecular formula is C26H26ClFN4O3. The fourth-order valence-corrected chi connectivity index (χ4v) is 5.18. The van der Waals surface area contributed by atoms with Crippen LogP contribution in [0.5, 0.6) is 0 Å². The summed E-state index contributed by atoms with van der Waals surface area (Å²) in [6.45, 7) is 6.40. The summed E-state index contributed by atoms with van der Waals surface area (Å²) < 4.78 is 20.8. The number of anilines is 1. The van der Waals surface area contributed by atoms with Gasteiger partial charge in [-0.05, 0) is 62.4 Å². The molecule has 0 radical (unpaired) electrons. The van der Waals surface area contributed by atoms with Crippen LogP contribution in [0, 0.1) is 26.6 Å². The van der Waals surface area contributed by atoms with Crippen LogP contribution in [0.15, 0.2) is 30.3 Å². The van der Waals surface area contributed by atoms with Gasteiger partial charge in [-0.2, -0.15) is 0 Å². The summed E-state index contributed by atoms with van der Waals surface area (Å²) in [6.07, 6.45) is 0.801. The van der Waals surface area contributed by atoms with Crippen LogP contribution in [-0.2, 0) is 16.8 Å². The molecule has 1 spiro atoms. The van der Waals surface area contributed by atoms with E-state index in [-0.39, 0.29) is 23.0 Å². The first-order valence-electron chi connectivity index (χ1n) is 11.6. The Balaban J connectivity index is 1.42. The predicted octanol–water partition coefficient (Wildman–Crippen LogP) is 5.41. The van der Waals surface area contributed by atoms with Crippen LogP contribution >= 0.6 is 11.6 Å². The molecule has 0 aliphatic carbocycles. The number of halogens is 2. The topological polar surface area (TPSA) is 87.3 Å². The molecule has 2 aliphatic rings. The van der Waals surface area contributed by atoms with E-state index < -0.39 is 17.5 Å². The third-order valence-corrected chi connectivity index (χ3v) is 7.19. The predicted molar refractivity (Wildman–Crippen MR) is 130 cm³/mol. The number of nitrogens with one attached hydrogen (secondary N) is 2. The number of fused-ring (bicyclic) bond motifs is 2. The third-order valence-electron chi connectivity index (χ3n) is 6.90. The number of nitrogens with zero attached hydrogens (tertiary/aromatic N) is 2. The number of aromatic nitrogens is 2. The quantitative estimate of drug-likeness (QED) is 0.507. The van der Waals surface area contributed by atoms with Gasteiger partial charge in [-0.1, -0.05) is 29.8 Å². The summed E-state index contributed by atoms with van der Waals surface area (Å²) in [5.41, 5.74) is 3.66. The minimum atomic E-state index is -1.31. The minimum Gasteiger partial charge on any atom is -0.436 e. The van der Waals surface area contributed by atoms with Gasteiger partial charge in [0.25, 0.3) is 5.91 Å². The Hall–Kier alpha value is -3.39. The lowest BCUT2D eigenvalue weighted by atomic mass is 9.83. The lowest BCUT2D eigenvalue weighted by molar-refractivity contribution is -0.0419. The lowest BCUT2D eigenvalue weighted by Gasteiger charge is -2.45. The van der Waals surface area contributed by atoms with Crippen LogP contribution in [0.25, 0.3) is 0 Å². The van der Waals surface area contributed by atoms with Crippen LogP contribution in [0.3, 0.4) is 0 Å². The highest BCUT2D eigenvalue weighted by Crippen LogP contribution is 2.45. The largest absolute Gasteiger partial charge is 0.436 e. The summed E-state index contributed by atoms with van der Waals surface area (Å²) in [5, 5.41) is 2.47. The molecule has 1 saturated heterocycles. The molecule has 35 heavy (non-hydrogen) atoms. The molecule has 0 bridgehead atoms. The molecule has 7 nitrogen and oxygen atoms in total. The zero-order valence-electron chi connectivity index (χ0n) is 19.8. The molecule has 2 aliphatic heterocycles. The van der Waals surface area contributed by atoms with Gasteiger partial charge in [-0.3, -0.25) is 10.1 Å². The molecule has 9 heteroatoms. The van der Waals surface area contributed by atoms with Crippen LogP contribution in [0.2, 0.25) is 5.02 Å². The molecule has 182 valence electrons. The number of carbonyl (C=O) groups excluding carboxylic acids is 2. The van der Waals surface area contributed by atoms with Crippen molar-refractivity contribution in [2.75, 3.05) is 18.4 Å². The second-order valence-corrected chi connectivity index (χ2v) is 9.78. The summed E-state index contributed by atoms with van der Waals surface area (Å²) in [7, 11) is 0. The average molecular weight is 497 g/mol. The van der Waals surface area contributed by atoms with E-state index in [0.29, 0.717) is 48.7 Å². The zero-order valence-corrected chi connectivity index (χ0v) is 20.6. The molecule has 2 aromatic carbocycles. The fourth-order valence-electron chi connectivity index (χ4n) is 5.02. The Bertz CT molecular complexity index is 1350. The third kappa shape index (κ3) is 4.16. The minimum absolute atomic E-state index is 0.0162. The van der Waals surface area contributed by atoms with E-state index in [1.165, 1.54) is 17.2 Å². The number of hydrogen-bond donors (Lipinski definition) is 2. The Labute approximate surface area is 207 Å². The first-order valence-corrected chi connectivity index (χ1v) is 11.9. The van der Waals surface area contributed by atoms with Crippen molar-refractivity contribution < 1.29 is 18.7 Å². The summed E-state index contributed by atoms with van der Waals surface area (Å²) in [5.74, 6) is -0.245. The van der Waals surface area contributed by atoms with E-state index in [2.05, 4.69) is 47.3 Å². The van der Waals surface area contributed by atoms with E-state index in [1.807, 2.05) is 6.92 Å². The molecule has 5 rings (SSSR count). The Morgan fingerprint density at radius 2 is 2.03 bits per heavy atom.